The third-order valence-electron chi connectivity index (χ3n) is 5.24. The van der Waals surface area contributed by atoms with E-state index in [-0.39, 0.29) is 17.5 Å². The number of carbonyl (C=O) groups is 1. The summed E-state index contributed by atoms with van der Waals surface area (Å²) in [7, 11) is 0. The fourth-order valence-corrected chi connectivity index (χ4v) is 3.83. The second-order valence-electron chi connectivity index (χ2n) is 7.12. The van der Waals surface area contributed by atoms with E-state index in [0.29, 0.717) is 18.4 Å². The number of nitrogens with zero attached hydrogens (tertiary/aromatic N) is 2. The van der Waals surface area contributed by atoms with Crippen molar-refractivity contribution in [3.63, 3.8) is 0 Å². The Morgan fingerprint density at radius 2 is 1.67 bits per heavy atom. The molecule has 3 aromatic rings. The fourth-order valence-electron chi connectivity index (χ4n) is 3.83. The molecule has 2 aromatic carbocycles. The highest BCUT2D eigenvalue weighted by Crippen LogP contribution is 2.28. The van der Waals surface area contributed by atoms with Crippen molar-refractivity contribution in [3.05, 3.63) is 76.2 Å². The molecule has 138 valence electrons. The number of aromatic nitrogens is 2. The molecule has 27 heavy (non-hydrogen) atoms. The van der Waals surface area contributed by atoms with Gasteiger partial charge in [-0.2, -0.15) is 5.10 Å². The van der Waals surface area contributed by atoms with E-state index in [4.69, 9.17) is 0 Å². The number of fused-ring (bicyclic) bond motifs is 1. The minimum absolute atomic E-state index is 0.0307. The summed E-state index contributed by atoms with van der Waals surface area (Å²) >= 11 is 0. The van der Waals surface area contributed by atoms with E-state index in [1.165, 1.54) is 0 Å². The van der Waals surface area contributed by atoms with Gasteiger partial charge in [-0.05, 0) is 24.5 Å². The zero-order valence-corrected chi connectivity index (χ0v) is 15.2. The average Bonchev–Trinajstić information content (AvgIpc) is 3.23. The predicted molar refractivity (Wildman–Crippen MR) is 106 cm³/mol. The smallest absolute Gasteiger partial charge is 0.274 e. The van der Waals surface area contributed by atoms with E-state index in [0.717, 1.165) is 42.3 Å². The second kappa shape index (κ2) is 7.74. The largest absolute Gasteiger partial charge is 0.350 e. The molecule has 1 amide bonds. The molecule has 1 N–H and O–H groups in total. The van der Waals surface area contributed by atoms with Crippen molar-refractivity contribution in [1.29, 1.82) is 0 Å². The van der Waals surface area contributed by atoms with Crippen molar-refractivity contribution in [2.75, 3.05) is 0 Å². The molecule has 0 spiro atoms. The summed E-state index contributed by atoms with van der Waals surface area (Å²) in [6, 6.07) is 17.4. The Morgan fingerprint density at radius 1 is 1.00 bits per heavy atom. The quantitative estimate of drug-likeness (QED) is 0.758. The van der Waals surface area contributed by atoms with Gasteiger partial charge in [0.25, 0.3) is 5.56 Å². The lowest BCUT2D eigenvalue weighted by atomic mass is 10.1. The van der Waals surface area contributed by atoms with Crippen LogP contribution < -0.4 is 10.9 Å². The minimum Gasteiger partial charge on any atom is -0.350 e. The van der Waals surface area contributed by atoms with Gasteiger partial charge in [-0.1, -0.05) is 61.4 Å². The van der Waals surface area contributed by atoms with Gasteiger partial charge in [0.15, 0.2) is 0 Å². The molecule has 4 rings (SSSR count). The van der Waals surface area contributed by atoms with Crippen molar-refractivity contribution in [2.24, 2.45) is 0 Å². The van der Waals surface area contributed by atoms with E-state index >= 15 is 0 Å². The highest BCUT2D eigenvalue weighted by atomic mass is 16.1. The number of benzene rings is 2. The molecular formula is C22H23N3O2. The van der Waals surface area contributed by atoms with Crippen LogP contribution in [0.5, 0.6) is 0 Å². The van der Waals surface area contributed by atoms with Crippen LogP contribution in [-0.2, 0) is 17.8 Å². The van der Waals surface area contributed by atoms with Gasteiger partial charge in [0.05, 0.1) is 30.1 Å². The Morgan fingerprint density at radius 3 is 2.41 bits per heavy atom. The van der Waals surface area contributed by atoms with Crippen LogP contribution in [0.2, 0.25) is 0 Å². The molecule has 1 aliphatic rings. The summed E-state index contributed by atoms with van der Waals surface area (Å²) < 4.78 is 1.65. The van der Waals surface area contributed by atoms with Crippen LogP contribution in [0.1, 0.15) is 43.0 Å². The molecule has 1 aliphatic carbocycles. The third kappa shape index (κ3) is 3.77. The van der Waals surface area contributed by atoms with Crippen LogP contribution in [0.3, 0.4) is 0 Å². The fraction of sp³-hybridized carbons (Fsp3) is 0.318. The van der Waals surface area contributed by atoms with Gasteiger partial charge in [0.2, 0.25) is 5.91 Å². The lowest BCUT2D eigenvalue weighted by molar-refractivity contribution is -0.120. The molecule has 1 heterocycles. The number of amides is 1. The summed E-state index contributed by atoms with van der Waals surface area (Å²) in [5.74, 6) is -0.0503. The summed E-state index contributed by atoms with van der Waals surface area (Å²) in [5.41, 5.74) is 1.69. The first kappa shape index (κ1) is 17.5. The van der Waals surface area contributed by atoms with Crippen LogP contribution >= 0.6 is 0 Å². The Balaban J connectivity index is 1.59. The molecule has 0 radical (unpaired) electrons. The van der Waals surface area contributed by atoms with E-state index in [9.17, 15) is 9.59 Å². The number of carbonyl (C=O) groups excluding carboxylic acids is 1. The Bertz CT molecular complexity index is 1000. The van der Waals surface area contributed by atoms with E-state index in [2.05, 4.69) is 10.4 Å². The first-order chi connectivity index (χ1) is 13.2. The molecule has 5 heteroatoms. The van der Waals surface area contributed by atoms with Crippen molar-refractivity contribution in [3.8, 4) is 0 Å². The summed E-state index contributed by atoms with van der Waals surface area (Å²) in [4.78, 5) is 25.2. The molecule has 0 unspecified atom stereocenters. The summed E-state index contributed by atoms with van der Waals surface area (Å²) in [5, 5.41) is 9.10. The molecule has 1 fully saturated rings. The van der Waals surface area contributed by atoms with Crippen LogP contribution in [-0.4, -0.2) is 15.7 Å². The summed E-state index contributed by atoms with van der Waals surface area (Å²) in [6.45, 7) is 0.319. The maximum absolute atomic E-state index is 12.9. The maximum atomic E-state index is 12.9. The molecule has 5 nitrogen and oxygen atoms in total. The Hall–Kier alpha value is -2.95. The molecule has 0 bridgehead atoms. The zero-order chi connectivity index (χ0) is 18.6. The van der Waals surface area contributed by atoms with Crippen molar-refractivity contribution >= 4 is 16.7 Å². The first-order valence-corrected chi connectivity index (χ1v) is 9.53. The maximum Gasteiger partial charge on any atom is 0.274 e. The highest BCUT2D eigenvalue weighted by Gasteiger charge is 2.21. The van der Waals surface area contributed by atoms with Crippen molar-refractivity contribution < 1.29 is 4.79 Å². The molecular weight excluding hydrogens is 338 g/mol. The number of hydrogen-bond donors (Lipinski definition) is 1. The van der Waals surface area contributed by atoms with Gasteiger partial charge in [0, 0.05) is 5.39 Å². The lowest BCUT2D eigenvalue weighted by Crippen LogP contribution is -2.30. The molecule has 0 saturated heterocycles. The van der Waals surface area contributed by atoms with E-state index < -0.39 is 0 Å². The van der Waals surface area contributed by atoms with Crippen molar-refractivity contribution in [2.45, 2.75) is 44.7 Å². The highest BCUT2D eigenvalue weighted by molar-refractivity contribution is 5.84. The van der Waals surface area contributed by atoms with Gasteiger partial charge in [-0.25, -0.2) is 4.68 Å². The average molecular weight is 361 g/mol. The van der Waals surface area contributed by atoms with Gasteiger partial charge in [-0.15, -0.1) is 0 Å². The normalized spacial score (nSPS) is 14.5. The van der Waals surface area contributed by atoms with Crippen LogP contribution in [0.25, 0.3) is 10.8 Å². The zero-order valence-electron chi connectivity index (χ0n) is 15.2. The number of hydrogen-bond acceptors (Lipinski definition) is 3. The van der Waals surface area contributed by atoms with Gasteiger partial charge in [0.1, 0.15) is 0 Å². The predicted octanol–water partition coefficient (Wildman–Crippen LogP) is 3.37. The molecule has 0 aliphatic heterocycles. The Kier molecular flexibility index (Phi) is 5.01. The lowest BCUT2D eigenvalue weighted by Gasteiger charge is -2.16. The standard InChI is InChI=1S/C22H23N3O2/c26-21(14-16-8-2-1-3-9-16)23-15-20-18-12-6-7-13-19(18)22(27)25(24-20)17-10-4-5-11-17/h1-3,6-9,12-13,17H,4-5,10-11,14-15H2,(H,23,26). The second-order valence-corrected chi connectivity index (χ2v) is 7.12. The number of nitrogens with one attached hydrogen (secondary N) is 1. The van der Waals surface area contributed by atoms with Crippen LogP contribution in [0.4, 0.5) is 0 Å². The molecule has 1 saturated carbocycles. The SMILES string of the molecule is O=C(Cc1ccccc1)NCc1nn(C2CCCC2)c(=O)c2ccccc12. The van der Waals surface area contributed by atoms with Crippen LogP contribution in [0.15, 0.2) is 59.4 Å². The monoisotopic (exact) mass is 361 g/mol. The third-order valence-corrected chi connectivity index (χ3v) is 5.24. The minimum atomic E-state index is -0.0503. The number of rotatable bonds is 5. The van der Waals surface area contributed by atoms with Gasteiger partial charge >= 0.3 is 0 Å². The van der Waals surface area contributed by atoms with Crippen molar-refractivity contribution in [1.82, 2.24) is 15.1 Å². The Labute approximate surface area is 158 Å². The first-order valence-electron chi connectivity index (χ1n) is 9.53. The topological polar surface area (TPSA) is 64.0 Å². The van der Waals surface area contributed by atoms with Crippen LogP contribution in [0, 0.1) is 0 Å². The van der Waals surface area contributed by atoms with E-state index in [1.807, 2.05) is 54.6 Å². The van der Waals surface area contributed by atoms with Gasteiger partial charge < -0.3 is 5.32 Å². The van der Waals surface area contributed by atoms with E-state index in [1.54, 1.807) is 4.68 Å². The summed E-state index contributed by atoms with van der Waals surface area (Å²) in [6.07, 6.45) is 4.58. The molecule has 0 atom stereocenters. The van der Waals surface area contributed by atoms with Gasteiger partial charge in [-0.3, -0.25) is 9.59 Å². The molecule has 1 aromatic heterocycles.